The number of rotatable bonds is 14. The molecule has 0 spiro atoms. The topological polar surface area (TPSA) is 220 Å². The van der Waals surface area contributed by atoms with Gasteiger partial charge >= 0.3 is 11.9 Å². The summed E-state index contributed by atoms with van der Waals surface area (Å²) in [6.07, 6.45) is 10.2. The van der Waals surface area contributed by atoms with Crippen LogP contribution < -0.4 is 0 Å². The Hall–Kier alpha value is -3.94. The zero-order chi connectivity index (χ0) is 58.9. The summed E-state index contributed by atoms with van der Waals surface area (Å²) < 4.78 is 48.0. The summed E-state index contributed by atoms with van der Waals surface area (Å²) in [7, 11) is 4.53. The third kappa shape index (κ3) is 19.1. The molecule has 0 aromatic heterocycles. The Morgan fingerprint density at radius 2 is 1.48 bits per heavy atom. The van der Waals surface area contributed by atoms with Gasteiger partial charge in [-0.3, -0.25) is 24.0 Å². The summed E-state index contributed by atoms with van der Waals surface area (Å²) in [5.74, 6) is -8.87. The third-order valence-electron chi connectivity index (χ3n) is 16.7. The zero-order valence-electron chi connectivity index (χ0n) is 50.4. The monoisotopic (exact) mass is 1110 g/mol. The van der Waals surface area contributed by atoms with E-state index in [0.717, 1.165) is 5.57 Å². The standard InChI is InChI=1S/C62H99NO16/c1-37(2)75-35-61(12,36-76-38(3)4)60(70)78-50-27-25-46(32-53(50)73-14)31-42(8)52-34-49(64)41(7)30-44(10)55(66)56(74-15)54(65)43(9)29-39(5)21-17-16-18-22-40(6)51(72-13)33-47-26-24-45(11)62(71,79-47)57(67)58(68)63-28-20-19-23-48(63)59(69)77-52/h16-18,21-22,30,37-39,41-43,45-48,50-53,55-56,66,71H,19-20,23-29,31-36H2,1-15H3/b18-16+,21-17+,40-22+,44-30+/t39-,41-,42-,43-,45-,46+,47+,48+,50-,51+,52+,53-,55-,56+,62-/m1/s1. The first-order chi connectivity index (χ1) is 37.2. The number of esters is 2. The molecule has 2 N–H and O–H groups in total. The number of carbonyl (C=O) groups is 6. The van der Waals surface area contributed by atoms with E-state index in [1.165, 1.54) is 12.0 Å². The second-order valence-corrected chi connectivity index (χ2v) is 24.2. The van der Waals surface area contributed by atoms with Gasteiger partial charge in [0.15, 0.2) is 5.78 Å². The fraction of sp³-hybridized carbons (Fsp3) is 0.774. The van der Waals surface area contributed by atoms with Crippen LogP contribution in [-0.2, 0) is 66.7 Å². The molecule has 3 aliphatic heterocycles. The first kappa shape index (κ1) is 67.6. The molecule has 17 heteroatoms. The minimum Gasteiger partial charge on any atom is -0.460 e. The third-order valence-corrected chi connectivity index (χ3v) is 16.7. The van der Waals surface area contributed by atoms with Crippen molar-refractivity contribution in [2.24, 2.45) is 40.9 Å². The highest BCUT2D eigenvalue weighted by atomic mass is 16.6. The Bertz CT molecular complexity index is 2140. The van der Waals surface area contributed by atoms with Crippen molar-refractivity contribution in [2.45, 2.75) is 227 Å². The molecule has 2 bridgehead atoms. The molecule has 1 aliphatic carbocycles. The van der Waals surface area contributed by atoms with Gasteiger partial charge in [0.25, 0.3) is 11.7 Å². The second kappa shape index (κ2) is 31.5. The molecular formula is C62H99NO16. The predicted molar refractivity (Wildman–Crippen MR) is 299 cm³/mol. The Morgan fingerprint density at radius 1 is 0.810 bits per heavy atom. The van der Waals surface area contributed by atoms with E-state index in [-0.39, 0.29) is 68.2 Å². The van der Waals surface area contributed by atoms with Crippen LogP contribution in [0.5, 0.6) is 0 Å². The molecule has 4 rings (SSSR count). The Labute approximate surface area is 471 Å². The van der Waals surface area contributed by atoms with Crippen molar-refractivity contribution >= 4 is 35.2 Å². The molecule has 2 saturated heterocycles. The number of ether oxygens (including phenoxy) is 8. The lowest BCUT2D eigenvalue weighted by atomic mass is 9.78. The molecule has 1 amide bonds. The van der Waals surface area contributed by atoms with Crippen LogP contribution in [0.4, 0.5) is 0 Å². The maximum Gasteiger partial charge on any atom is 0.329 e. The maximum atomic E-state index is 14.7. The van der Waals surface area contributed by atoms with Crippen LogP contribution in [0.1, 0.15) is 160 Å². The second-order valence-electron chi connectivity index (χ2n) is 24.2. The van der Waals surface area contributed by atoms with Gasteiger partial charge in [0, 0.05) is 58.5 Å². The van der Waals surface area contributed by atoms with Crippen molar-refractivity contribution in [1.29, 1.82) is 0 Å². The van der Waals surface area contributed by atoms with Crippen LogP contribution in [0.15, 0.2) is 47.6 Å². The van der Waals surface area contributed by atoms with E-state index in [2.05, 4.69) is 0 Å². The Morgan fingerprint density at radius 3 is 2.10 bits per heavy atom. The minimum absolute atomic E-state index is 0.00115. The Kier molecular flexibility index (Phi) is 26.9. The first-order valence-electron chi connectivity index (χ1n) is 29.1. The molecule has 0 radical (unpaired) electrons. The number of methoxy groups -OCH3 is 3. The molecular weight excluding hydrogens is 1010 g/mol. The number of aliphatic hydroxyl groups is 2. The fourth-order valence-electron chi connectivity index (χ4n) is 11.4. The molecule has 4 aliphatic rings. The lowest BCUT2D eigenvalue weighted by molar-refractivity contribution is -0.265. The number of hydrogen-bond donors (Lipinski definition) is 2. The molecule has 0 unspecified atom stereocenters. The number of nitrogens with zero attached hydrogens (tertiary/aromatic N) is 1. The van der Waals surface area contributed by atoms with Crippen molar-refractivity contribution < 1.29 is 76.9 Å². The van der Waals surface area contributed by atoms with Crippen LogP contribution in [0.2, 0.25) is 0 Å². The van der Waals surface area contributed by atoms with E-state index in [9.17, 15) is 39.0 Å². The van der Waals surface area contributed by atoms with Gasteiger partial charge in [0.1, 0.15) is 41.7 Å². The van der Waals surface area contributed by atoms with Gasteiger partial charge in [-0.2, -0.15) is 0 Å². The highest BCUT2D eigenvalue weighted by Crippen LogP contribution is 2.39. The van der Waals surface area contributed by atoms with E-state index in [1.54, 1.807) is 48.0 Å². The summed E-state index contributed by atoms with van der Waals surface area (Å²) in [6, 6.07) is -1.19. The van der Waals surface area contributed by atoms with E-state index in [0.29, 0.717) is 69.8 Å². The van der Waals surface area contributed by atoms with Crippen LogP contribution in [-0.4, -0.2) is 158 Å². The van der Waals surface area contributed by atoms with Gasteiger partial charge in [-0.15, -0.1) is 0 Å². The number of allylic oxidation sites excluding steroid dienone is 6. The van der Waals surface area contributed by atoms with E-state index >= 15 is 0 Å². The molecule has 79 heavy (non-hydrogen) atoms. The highest BCUT2D eigenvalue weighted by Gasteiger charge is 2.53. The smallest absolute Gasteiger partial charge is 0.329 e. The van der Waals surface area contributed by atoms with Crippen molar-refractivity contribution in [1.82, 2.24) is 4.90 Å². The number of amides is 1. The largest absolute Gasteiger partial charge is 0.460 e. The normalized spacial score (nSPS) is 35.7. The quantitative estimate of drug-likeness (QED) is 0.0945. The lowest BCUT2D eigenvalue weighted by Gasteiger charge is -2.42. The number of ketones is 3. The molecule has 15 atom stereocenters. The van der Waals surface area contributed by atoms with Crippen molar-refractivity contribution in [2.75, 3.05) is 41.1 Å². The predicted octanol–water partition coefficient (Wildman–Crippen LogP) is 8.59. The van der Waals surface area contributed by atoms with E-state index in [1.807, 2.05) is 85.8 Å². The highest BCUT2D eigenvalue weighted by molar-refractivity contribution is 6.39. The summed E-state index contributed by atoms with van der Waals surface area (Å²) in [4.78, 5) is 86.9. The van der Waals surface area contributed by atoms with Crippen LogP contribution in [0.25, 0.3) is 0 Å². The molecule has 3 fully saturated rings. The zero-order valence-corrected chi connectivity index (χ0v) is 50.4. The molecule has 448 valence electrons. The number of carbonyl (C=O) groups excluding carboxylic acids is 6. The average Bonchev–Trinajstić information content (AvgIpc) is 3.42. The van der Waals surface area contributed by atoms with Crippen LogP contribution >= 0.6 is 0 Å². The number of piperidine rings is 1. The van der Waals surface area contributed by atoms with Crippen molar-refractivity contribution in [3.05, 3.63) is 47.6 Å². The van der Waals surface area contributed by atoms with Gasteiger partial charge < -0.3 is 53.0 Å². The number of hydrogen-bond acceptors (Lipinski definition) is 16. The van der Waals surface area contributed by atoms with Crippen LogP contribution in [0, 0.1) is 40.9 Å². The van der Waals surface area contributed by atoms with Crippen LogP contribution in [0.3, 0.4) is 0 Å². The number of aliphatic hydroxyl groups excluding tert-OH is 1. The summed E-state index contributed by atoms with van der Waals surface area (Å²) in [5.41, 5.74) is 0.171. The van der Waals surface area contributed by atoms with Gasteiger partial charge in [-0.1, -0.05) is 71.1 Å². The van der Waals surface area contributed by atoms with E-state index < -0.39 is 107 Å². The Balaban J connectivity index is 1.68. The first-order valence-corrected chi connectivity index (χ1v) is 29.1. The van der Waals surface area contributed by atoms with Crippen molar-refractivity contribution in [3.8, 4) is 0 Å². The molecule has 3 heterocycles. The van der Waals surface area contributed by atoms with Gasteiger partial charge in [0.05, 0.1) is 43.7 Å². The van der Waals surface area contributed by atoms with Gasteiger partial charge in [-0.05, 0) is 142 Å². The van der Waals surface area contributed by atoms with Gasteiger partial charge in [-0.25, -0.2) is 4.79 Å². The SMILES string of the molecule is CO[C@H]1C[C@@H]2CC[C@@H](C)[C@@](O)(O2)C(=O)C(=O)N2CCCC[C@H]2C(=O)O[C@H]([C@H](C)C[C@@H]2CC[C@@H](OC(=O)C(C)(COC(C)C)COC(C)C)[C@H](OC)C2)CC(=O)[C@H](C)/C=C(\C)[C@@H](O)[C@@H](OC)C(=O)[C@H](C)C[C@H](C)/C=C/C=C/C=C/1C. The molecule has 1 saturated carbocycles. The fourth-order valence-corrected chi connectivity index (χ4v) is 11.4. The summed E-state index contributed by atoms with van der Waals surface area (Å²) >= 11 is 0. The minimum atomic E-state index is -2.46. The van der Waals surface area contributed by atoms with Gasteiger partial charge in [0.2, 0.25) is 5.79 Å². The number of cyclic esters (lactones) is 1. The number of fused-ring (bicyclic) bond motifs is 3. The summed E-state index contributed by atoms with van der Waals surface area (Å²) in [6.45, 7) is 22.3. The molecule has 0 aromatic rings. The average molecular weight is 1110 g/mol. The molecule has 0 aromatic carbocycles. The summed E-state index contributed by atoms with van der Waals surface area (Å²) in [5, 5.41) is 23.7. The molecule has 17 nitrogen and oxygen atoms in total. The lowest BCUT2D eigenvalue weighted by Crippen LogP contribution is -2.61. The maximum absolute atomic E-state index is 14.7. The van der Waals surface area contributed by atoms with Crippen molar-refractivity contribution in [3.63, 3.8) is 0 Å². The van der Waals surface area contributed by atoms with E-state index in [4.69, 9.17) is 37.9 Å². The number of Topliss-reactive ketones (excluding diaryl/α,β-unsaturated/α-hetero) is 3.